The van der Waals surface area contributed by atoms with E-state index in [1.165, 1.54) is 22.3 Å². The minimum Gasteiger partial charge on any atom is -0.473 e. The minimum absolute atomic E-state index is 0.747. The summed E-state index contributed by atoms with van der Waals surface area (Å²) in [7, 11) is 2.04. The molecule has 0 aliphatic rings. The number of benzene rings is 2. The number of carbonyl (C=O) groups is 2. The maximum Gasteiger partial charge on any atom is 0.414 e. The number of carboxylic acids is 2. The van der Waals surface area contributed by atoms with Gasteiger partial charge in [0.15, 0.2) is 0 Å². The van der Waals surface area contributed by atoms with Crippen LogP contribution in [0.3, 0.4) is 0 Å². The summed E-state index contributed by atoms with van der Waals surface area (Å²) in [4.78, 5) is 22.7. The van der Waals surface area contributed by atoms with Crippen LogP contribution in [0.5, 0.6) is 0 Å². The third-order valence-electron chi connectivity index (χ3n) is 4.31. The molecule has 0 saturated heterocycles. The molecule has 7 nitrogen and oxygen atoms in total. The second-order valence-corrected chi connectivity index (χ2v) is 7.33. The van der Waals surface area contributed by atoms with Crippen LogP contribution in [0.25, 0.3) is 11.3 Å². The molecule has 0 saturated carbocycles. The smallest absolute Gasteiger partial charge is 0.414 e. The van der Waals surface area contributed by atoms with Crippen molar-refractivity contribution in [1.82, 2.24) is 9.55 Å². The van der Waals surface area contributed by atoms with Gasteiger partial charge in [0, 0.05) is 23.6 Å². The van der Waals surface area contributed by atoms with Crippen LogP contribution in [0.15, 0.2) is 53.1 Å². The number of carboxylic acid groups (broad SMARTS) is 2. The predicted molar refractivity (Wildman–Crippen MR) is 115 cm³/mol. The minimum atomic E-state index is -1.82. The molecule has 8 heteroatoms. The fourth-order valence-corrected chi connectivity index (χ4v) is 3.02. The second kappa shape index (κ2) is 9.88. The number of aliphatic carboxylic acids is 2. The van der Waals surface area contributed by atoms with Crippen molar-refractivity contribution < 1.29 is 19.8 Å². The van der Waals surface area contributed by atoms with Gasteiger partial charge in [0.1, 0.15) is 0 Å². The lowest BCUT2D eigenvalue weighted by atomic mass is 10.0. The summed E-state index contributed by atoms with van der Waals surface area (Å²) in [6, 6.07) is 14.8. The number of imidazole rings is 1. The van der Waals surface area contributed by atoms with Crippen LogP contribution in [0, 0.1) is 13.8 Å². The molecule has 0 atom stereocenters. The molecule has 152 valence electrons. The van der Waals surface area contributed by atoms with E-state index in [1.54, 1.807) is 0 Å². The summed E-state index contributed by atoms with van der Waals surface area (Å²) in [5.74, 6) is -2.77. The summed E-state index contributed by atoms with van der Waals surface area (Å²) < 4.78 is 3.19. The highest BCUT2D eigenvalue weighted by Crippen LogP contribution is 2.24. The van der Waals surface area contributed by atoms with Gasteiger partial charge in [0.2, 0.25) is 5.95 Å². The van der Waals surface area contributed by atoms with Gasteiger partial charge in [-0.15, -0.1) is 0 Å². The lowest BCUT2D eigenvalue weighted by Gasteiger charge is -2.10. The predicted octanol–water partition coefficient (Wildman–Crippen LogP) is 4.23. The molecular weight excluding hydrogens is 438 g/mol. The second-order valence-electron chi connectivity index (χ2n) is 6.42. The topological polar surface area (TPSA) is 104 Å². The molecule has 0 unspecified atom stereocenters. The fourth-order valence-electron chi connectivity index (χ4n) is 2.57. The van der Waals surface area contributed by atoms with Crippen LogP contribution < -0.4 is 5.32 Å². The first-order valence-corrected chi connectivity index (χ1v) is 9.52. The number of nitrogens with one attached hydrogen (secondary N) is 1. The van der Waals surface area contributed by atoms with E-state index in [-0.39, 0.29) is 0 Å². The molecule has 3 aromatic rings. The normalized spacial score (nSPS) is 10.1. The summed E-state index contributed by atoms with van der Waals surface area (Å²) >= 11 is 3.50. The van der Waals surface area contributed by atoms with Crippen molar-refractivity contribution in [2.24, 2.45) is 7.05 Å². The van der Waals surface area contributed by atoms with Crippen molar-refractivity contribution in [3.05, 3.63) is 69.8 Å². The van der Waals surface area contributed by atoms with Crippen LogP contribution in [-0.4, -0.2) is 31.7 Å². The van der Waals surface area contributed by atoms with Gasteiger partial charge in [-0.25, -0.2) is 14.6 Å². The molecule has 0 bridgehead atoms. The maximum atomic E-state index is 9.10. The van der Waals surface area contributed by atoms with Crippen molar-refractivity contribution in [3.63, 3.8) is 0 Å². The number of anilines is 1. The number of hydrogen-bond acceptors (Lipinski definition) is 4. The fraction of sp³-hybridized carbons (Fsp3) is 0.190. The Hall–Kier alpha value is -3.13. The lowest BCUT2D eigenvalue weighted by molar-refractivity contribution is -0.159. The van der Waals surface area contributed by atoms with Crippen molar-refractivity contribution in [2.45, 2.75) is 20.4 Å². The monoisotopic (exact) mass is 459 g/mol. The Morgan fingerprint density at radius 2 is 1.76 bits per heavy atom. The van der Waals surface area contributed by atoms with E-state index in [9.17, 15) is 0 Å². The maximum absolute atomic E-state index is 9.10. The van der Waals surface area contributed by atoms with Crippen LogP contribution in [-0.2, 0) is 23.2 Å². The highest BCUT2D eigenvalue weighted by atomic mass is 79.9. The molecule has 3 rings (SSSR count). The Morgan fingerprint density at radius 3 is 2.34 bits per heavy atom. The van der Waals surface area contributed by atoms with Gasteiger partial charge in [-0.3, -0.25) is 0 Å². The molecule has 1 aromatic heterocycles. The summed E-state index contributed by atoms with van der Waals surface area (Å²) in [5, 5.41) is 18.2. The molecule has 0 aliphatic heterocycles. The van der Waals surface area contributed by atoms with Gasteiger partial charge in [-0.2, -0.15) is 0 Å². The first-order valence-electron chi connectivity index (χ1n) is 8.73. The third-order valence-corrected chi connectivity index (χ3v) is 4.81. The largest absolute Gasteiger partial charge is 0.473 e. The summed E-state index contributed by atoms with van der Waals surface area (Å²) in [6.07, 6.45) is 1.92. The third kappa shape index (κ3) is 6.18. The van der Waals surface area contributed by atoms with Crippen LogP contribution in [0.4, 0.5) is 5.95 Å². The number of aromatic nitrogens is 2. The zero-order valence-corrected chi connectivity index (χ0v) is 17.9. The number of nitrogens with zero attached hydrogens (tertiary/aromatic N) is 2. The van der Waals surface area contributed by atoms with Gasteiger partial charge >= 0.3 is 11.9 Å². The number of aryl methyl sites for hydroxylation is 2. The van der Waals surface area contributed by atoms with Gasteiger partial charge in [0.25, 0.3) is 0 Å². The lowest BCUT2D eigenvalue weighted by Crippen LogP contribution is -2.09. The standard InChI is InChI=1S/C19H20BrN3.C2H2O4/c1-13-7-8-16(9-14(13)2)18-12-22-19(23(18)3)21-11-15-5-4-6-17(20)10-15;3-1(4)2(5)6/h4-10,12H,11H2,1-3H3,(H,21,22);(H,3,4)(H,5,6). The zero-order valence-electron chi connectivity index (χ0n) is 16.3. The molecule has 29 heavy (non-hydrogen) atoms. The molecule has 2 aromatic carbocycles. The van der Waals surface area contributed by atoms with Crippen molar-refractivity contribution >= 4 is 33.8 Å². The average Bonchev–Trinajstić information content (AvgIpc) is 3.03. The first kappa shape index (κ1) is 22.2. The van der Waals surface area contributed by atoms with Gasteiger partial charge < -0.3 is 20.1 Å². The van der Waals surface area contributed by atoms with E-state index in [0.29, 0.717) is 0 Å². The van der Waals surface area contributed by atoms with Gasteiger partial charge in [0.05, 0.1) is 11.9 Å². The molecule has 0 fully saturated rings. The molecule has 0 spiro atoms. The van der Waals surface area contributed by atoms with Crippen LogP contribution in [0.1, 0.15) is 16.7 Å². The quantitative estimate of drug-likeness (QED) is 0.504. The van der Waals surface area contributed by atoms with E-state index in [1.807, 2.05) is 25.4 Å². The molecule has 0 amide bonds. The van der Waals surface area contributed by atoms with Crippen molar-refractivity contribution in [3.8, 4) is 11.3 Å². The molecule has 0 aliphatic carbocycles. The highest BCUT2D eigenvalue weighted by molar-refractivity contribution is 9.10. The SMILES string of the molecule is Cc1ccc(-c2cnc(NCc3cccc(Br)c3)n2C)cc1C.O=C(O)C(=O)O. The summed E-state index contributed by atoms with van der Waals surface area (Å²) in [5.41, 5.74) is 6.13. The van der Waals surface area contributed by atoms with Crippen molar-refractivity contribution in [2.75, 3.05) is 5.32 Å². The Kier molecular flexibility index (Phi) is 7.55. The van der Waals surface area contributed by atoms with Gasteiger partial charge in [-0.1, -0.05) is 40.2 Å². The van der Waals surface area contributed by atoms with E-state index >= 15 is 0 Å². The Balaban J connectivity index is 0.000000438. The number of hydrogen-bond donors (Lipinski definition) is 3. The average molecular weight is 460 g/mol. The first-order chi connectivity index (χ1) is 13.7. The van der Waals surface area contributed by atoms with Crippen LogP contribution >= 0.6 is 15.9 Å². The summed E-state index contributed by atoms with van der Waals surface area (Å²) in [6.45, 7) is 5.02. The van der Waals surface area contributed by atoms with Crippen molar-refractivity contribution in [1.29, 1.82) is 0 Å². The zero-order chi connectivity index (χ0) is 21.6. The van der Waals surface area contributed by atoms with Crippen LogP contribution in [0.2, 0.25) is 0 Å². The number of halogens is 1. The van der Waals surface area contributed by atoms with E-state index in [0.717, 1.165) is 22.7 Å². The van der Waals surface area contributed by atoms with E-state index < -0.39 is 11.9 Å². The van der Waals surface area contributed by atoms with Gasteiger partial charge in [-0.05, 0) is 48.7 Å². The van der Waals surface area contributed by atoms with E-state index in [2.05, 4.69) is 75.0 Å². The molecule has 3 N–H and O–H groups in total. The Morgan fingerprint density at radius 1 is 1.07 bits per heavy atom. The Bertz CT molecular complexity index is 1020. The van der Waals surface area contributed by atoms with E-state index in [4.69, 9.17) is 19.8 Å². The Labute approximate surface area is 177 Å². The molecule has 0 radical (unpaired) electrons. The highest BCUT2D eigenvalue weighted by Gasteiger charge is 2.09. The molecular formula is C21H22BrN3O4. The number of rotatable bonds is 4. The molecule has 1 heterocycles.